The molecule has 2 aliphatic rings. The summed E-state index contributed by atoms with van der Waals surface area (Å²) in [5.74, 6) is -1.43. The van der Waals surface area contributed by atoms with Crippen LogP contribution in [0, 0.1) is 5.82 Å². The number of carbonyl (C=O) groups is 3. The predicted octanol–water partition coefficient (Wildman–Crippen LogP) is 2.82. The van der Waals surface area contributed by atoms with Gasteiger partial charge in [-0.25, -0.2) is 27.2 Å². The summed E-state index contributed by atoms with van der Waals surface area (Å²) in [7, 11) is -2.16. The molecule has 3 aromatic rings. The highest BCUT2D eigenvalue weighted by Crippen LogP contribution is 2.30. The summed E-state index contributed by atoms with van der Waals surface area (Å²) in [6, 6.07) is 10.2. The van der Waals surface area contributed by atoms with Crippen LogP contribution in [0.15, 0.2) is 63.1 Å². The number of hydrogen-bond acceptors (Lipinski definition) is 8. The lowest BCUT2D eigenvalue weighted by atomic mass is 9.95. The van der Waals surface area contributed by atoms with Gasteiger partial charge >= 0.3 is 6.03 Å². The molecular weight excluding hydrogens is 521 g/mol. The Balaban J connectivity index is 1.34. The molecular formula is C24H20FN5O5S2. The fourth-order valence-electron chi connectivity index (χ4n) is 4.16. The largest absolute Gasteiger partial charge is 0.358 e. The van der Waals surface area contributed by atoms with Crippen molar-refractivity contribution >= 4 is 56.4 Å². The van der Waals surface area contributed by atoms with Crippen molar-refractivity contribution in [2.24, 2.45) is 4.99 Å². The van der Waals surface area contributed by atoms with Gasteiger partial charge < -0.3 is 10.2 Å². The number of anilines is 2. The highest BCUT2D eigenvalue weighted by molar-refractivity contribution is 7.92. The second kappa shape index (κ2) is 9.41. The predicted molar refractivity (Wildman–Crippen MR) is 136 cm³/mol. The second-order valence-electron chi connectivity index (χ2n) is 8.37. The van der Waals surface area contributed by atoms with Crippen LogP contribution < -0.4 is 14.9 Å². The molecule has 0 saturated carbocycles. The third-order valence-corrected chi connectivity index (χ3v) is 8.61. The molecule has 3 heterocycles. The van der Waals surface area contributed by atoms with Crippen molar-refractivity contribution in [1.29, 1.82) is 0 Å². The standard InChI is InChI=1S/C24H20FN5O5S2/c1-29-9-8-26-22(29)14-4-6-17-15(11-14)12-20(31)30(23(17)32)19-7-5-16(13-18(19)25)27-24(33)28-37(34,35)21-3-2-10-36-21/h2-7,10-11,13H,8-9,12H2,1H3,(H2,27,28,33). The van der Waals surface area contributed by atoms with E-state index in [0.29, 0.717) is 12.1 Å². The van der Waals surface area contributed by atoms with E-state index in [1.54, 1.807) is 23.6 Å². The van der Waals surface area contributed by atoms with Gasteiger partial charge in [-0.3, -0.25) is 14.6 Å². The Bertz CT molecular complexity index is 1570. The number of urea groups is 1. The minimum absolute atomic E-state index is 0.0537. The zero-order valence-corrected chi connectivity index (χ0v) is 21.0. The highest BCUT2D eigenvalue weighted by Gasteiger charge is 2.34. The number of amides is 4. The Morgan fingerprint density at radius 2 is 1.95 bits per heavy atom. The molecule has 37 heavy (non-hydrogen) atoms. The summed E-state index contributed by atoms with van der Waals surface area (Å²) in [6.45, 7) is 1.46. The number of rotatable bonds is 5. The lowest BCUT2D eigenvalue weighted by Gasteiger charge is -2.28. The maximum absolute atomic E-state index is 15.0. The van der Waals surface area contributed by atoms with E-state index < -0.39 is 33.7 Å². The minimum atomic E-state index is -4.07. The lowest BCUT2D eigenvalue weighted by molar-refractivity contribution is -0.117. The summed E-state index contributed by atoms with van der Waals surface area (Å²) in [4.78, 5) is 45.4. The van der Waals surface area contributed by atoms with Gasteiger partial charge in [0.15, 0.2) is 0 Å². The molecule has 0 saturated heterocycles. The van der Waals surface area contributed by atoms with Gasteiger partial charge in [0.1, 0.15) is 15.9 Å². The first-order chi connectivity index (χ1) is 17.6. The molecule has 2 aromatic carbocycles. The average Bonchev–Trinajstić information content (AvgIpc) is 3.52. The molecule has 2 N–H and O–H groups in total. The van der Waals surface area contributed by atoms with Crippen molar-refractivity contribution in [2.45, 2.75) is 10.6 Å². The molecule has 13 heteroatoms. The van der Waals surface area contributed by atoms with E-state index in [0.717, 1.165) is 40.2 Å². The van der Waals surface area contributed by atoms with Crippen LogP contribution in [0.25, 0.3) is 0 Å². The lowest BCUT2D eigenvalue weighted by Crippen LogP contribution is -2.43. The van der Waals surface area contributed by atoms with Gasteiger partial charge in [-0.15, -0.1) is 11.3 Å². The molecule has 5 rings (SSSR count). The number of thiophene rings is 1. The first kappa shape index (κ1) is 24.6. The quantitative estimate of drug-likeness (QED) is 0.478. The number of likely N-dealkylation sites (N-methyl/N-ethyl adjacent to an activating group) is 1. The number of nitrogens with one attached hydrogen (secondary N) is 2. The SMILES string of the molecule is CN1CCN=C1c1ccc2c(c1)CC(=O)N(c1ccc(NC(=O)NS(=O)(=O)c3cccs3)cc1F)C2=O. The van der Waals surface area contributed by atoms with Crippen molar-refractivity contribution in [3.8, 4) is 0 Å². The van der Waals surface area contributed by atoms with E-state index >= 15 is 4.39 Å². The summed E-state index contributed by atoms with van der Waals surface area (Å²) in [6.07, 6.45) is -0.103. The number of imide groups is 1. The van der Waals surface area contributed by atoms with Crippen molar-refractivity contribution in [2.75, 3.05) is 30.4 Å². The van der Waals surface area contributed by atoms with Crippen molar-refractivity contribution in [1.82, 2.24) is 9.62 Å². The number of benzene rings is 2. The molecule has 0 spiro atoms. The third kappa shape index (κ3) is 4.70. The van der Waals surface area contributed by atoms with Crippen LogP contribution in [0.2, 0.25) is 0 Å². The monoisotopic (exact) mass is 541 g/mol. The van der Waals surface area contributed by atoms with Crippen LogP contribution in [0.1, 0.15) is 21.5 Å². The van der Waals surface area contributed by atoms with Crippen LogP contribution in [0.5, 0.6) is 0 Å². The molecule has 0 radical (unpaired) electrons. The first-order valence-electron chi connectivity index (χ1n) is 11.1. The van der Waals surface area contributed by atoms with Crippen molar-refractivity contribution < 1.29 is 27.2 Å². The van der Waals surface area contributed by atoms with Gasteiger partial charge in [-0.05, 0) is 47.3 Å². The van der Waals surface area contributed by atoms with Gasteiger partial charge in [0.2, 0.25) is 5.91 Å². The zero-order valence-electron chi connectivity index (χ0n) is 19.4. The van der Waals surface area contributed by atoms with Gasteiger partial charge in [0.25, 0.3) is 15.9 Å². The summed E-state index contributed by atoms with van der Waals surface area (Å²) < 4.78 is 41.2. The molecule has 2 aliphatic heterocycles. The van der Waals surface area contributed by atoms with Crippen LogP contribution in [0.4, 0.5) is 20.6 Å². The van der Waals surface area contributed by atoms with E-state index in [4.69, 9.17) is 0 Å². The molecule has 0 unspecified atom stereocenters. The Morgan fingerprint density at radius 3 is 2.62 bits per heavy atom. The topological polar surface area (TPSA) is 128 Å². The summed E-state index contributed by atoms with van der Waals surface area (Å²) >= 11 is 0.933. The van der Waals surface area contributed by atoms with Gasteiger partial charge in [0.05, 0.1) is 18.7 Å². The Morgan fingerprint density at radius 1 is 1.14 bits per heavy atom. The van der Waals surface area contributed by atoms with Gasteiger partial charge in [-0.1, -0.05) is 12.1 Å². The van der Waals surface area contributed by atoms with E-state index in [9.17, 15) is 22.8 Å². The number of carbonyl (C=O) groups excluding carboxylic acids is 3. The Kier molecular flexibility index (Phi) is 6.25. The number of amidine groups is 1. The zero-order chi connectivity index (χ0) is 26.3. The minimum Gasteiger partial charge on any atom is -0.358 e. The number of hydrogen-bond donors (Lipinski definition) is 2. The van der Waals surface area contributed by atoms with Gasteiger partial charge in [-0.2, -0.15) is 0 Å². The number of aliphatic imine (C=N–C) groups is 1. The van der Waals surface area contributed by atoms with E-state index in [1.165, 1.54) is 24.3 Å². The molecule has 0 bridgehead atoms. The average molecular weight is 542 g/mol. The summed E-state index contributed by atoms with van der Waals surface area (Å²) in [5.41, 5.74) is 1.28. The van der Waals surface area contributed by atoms with Gasteiger partial charge in [0, 0.05) is 30.4 Å². The number of nitrogens with zero attached hydrogens (tertiary/aromatic N) is 3. The molecule has 10 nitrogen and oxygen atoms in total. The maximum atomic E-state index is 15.0. The molecule has 0 atom stereocenters. The van der Waals surface area contributed by atoms with E-state index in [1.807, 2.05) is 16.7 Å². The molecule has 1 aromatic heterocycles. The number of fused-ring (bicyclic) bond motifs is 1. The molecule has 4 amide bonds. The fourth-order valence-corrected chi connectivity index (χ4v) is 6.06. The van der Waals surface area contributed by atoms with E-state index in [-0.39, 0.29) is 27.6 Å². The first-order valence-corrected chi connectivity index (χ1v) is 13.4. The van der Waals surface area contributed by atoms with E-state index in [2.05, 4.69) is 10.3 Å². The number of sulfonamides is 1. The molecule has 190 valence electrons. The maximum Gasteiger partial charge on any atom is 0.333 e. The smallest absolute Gasteiger partial charge is 0.333 e. The fraction of sp³-hybridized carbons (Fsp3) is 0.167. The Labute approximate surface area is 215 Å². The Hall–Kier alpha value is -4.10. The second-order valence-corrected chi connectivity index (χ2v) is 11.2. The van der Waals surface area contributed by atoms with Crippen molar-refractivity contribution in [3.63, 3.8) is 0 Å². The third-order valence-electron chi connectivity index (χ3n) is 5.88. The highest BCUT2D eigenvalue weighted by atomic mass is 32.2. The molecule has 0 aliphatic carbocycles. The summed E-state index contributed by atoms with van der Waals surface area (Å²) in [5, 5.41) is 3.78. The number of halogens is 1. The normalized spacial score (nSPS) is 15.5. The van der Waals surface area contributed by atoms with Crippen molar-refractivity contribution in [3.05, 3.63) is 76.4 Å². The van der Waals surface area contributed by atoms with Crippen LogP contribution >= 0.6 is 11.3 Å². The molecule has 0 fully saturated rings. The van der Waals surface area contributed by atoms with Crippen LogP contribution in [-0.4, -0.2) is 57.1 Å². The van der Waals surface area contributed by atoms with Crippen LogP contribution in [-0.2, 0) is 21.2 Å². The van der Waals surface area contributed by atoms with Crippen LogP contribution in [0.3, 0.4) is 0 Å².